The molecule has 0 atom stereocenters. The Hall–Kier alpha value is -3.52. The van der Waals surface area contributed by atoms with E-state index in [2.05, 4.69) is 15.6 Å². The smallest absolute Gasteiger partial charge is 0.248 e. The zero-order chi connectivity index (χ0) is 24.1. The van der Waals surface area contributed by atoms with Gasteiger partial charge in [-0.15, -0.1) is 0 Å². The van der Waals surface area contributed by atoms with E-state index in [0.717, 1.165) is 16.5 Å². The molecule has 3 aromatic rings. The van der Waals surface area contributed by atoms with Gasteiger partial charge in [0.15, 0.2) is 0 Å². The van der Waals surface area contributed by atoms with Crippen molar-refractivity contribution in [1.29, 1.82) is 0 Å². The Morgan fingerprint density at radius 2 is 1.79 bits per heavy atom. The zero-order valence-electron chi connectivity index (χ0n) is 19.0. The number of H-pyrrole nitrogens is 1. The van der Waals surface area contributed by atoms with Crippen LogP contribution in [0.5, 0.6) is 0 Å². The van der Waals surface area contributed by atoms with Crippen LogP contribution in [-0.4, -0.2) is 53.9 Å². The lowest BCUT2D eigenvalue weighted by atomic mass is 9.86. The summed E-state index contributed by atoms with van der Waals surface area (Å²) in [5.74, 6) is -1.17. The second kappa shape index (κ2) is 10.2. The van der Waals surface area contributed by atoms with Crippen molar-refractivity contribution in [2.24, 2.45) is 0 Å². The number of carbonyl (C=O) groups is 2. The monoisotopic (exact) mass is 466 g/mol. The number of rotatable bonds is 7. The number of benzene rings is 2. The molecule has 34 heavy (non-hydrogen) atoms. The Morgan fingerprint density at radius 1 is 1.09 bits per heavy atom. The second-order valence-electron chi connectivity index (χ2n) is 8.69. The maximum atomic E-state index is 13.7. The predicted molar refractivity (Wildman–Crippen MR) is 128 cm³/mol. The van der Waals surface area contributed by atoms with Crippen LogP contribution in [-0.2, 0) is 16.0 Å². The Kier molecular flexibility index (Phi) is 7.07. The Bertz CT molecular complexity index is 1200. The summed E-state index contributed by atoms with van der Waals surface area (Å²) in [5.41, 5.74) is 1.46. The first-order valence-corrected chi connectivity index (χ1v) is 11.3. The topological polar surface area (TPSA) is 77.2 Å². The molecular formula is C26H28F2N4O2. The summed E-state index contributed by atoms with van der Waals surface area (Å²) in [6.45, 7) is 1.66. The first-order valence-electron chi connectivity index (χ1n) is 11.3. The standard InChI is InChI=1S/C26H28F2N4O2/c1-32(15-10-19-17-30-23-8-7-21(28)16-22(19)23)25(34)26(11-13-29-14-12-26)31-24(33)9-4-18-2-5-20(27)6-3-18/h2-9,16-17,29-30H,10-15H2,1H3,(H,31,33)/b9-4+. The highest BCUT2D eigenvalue weighted by Crippen LogP contribution is 2.23. The third kappa shape index (κ3) is 5.34. The molecule has 0 unspecified atom stereocenters. The fourth-order valence-electron chi connectivity index (χ4n) is 4.38. The van der Waals surface area contributed by atoms with E-state index in [-0.39, 0.29) is 23.4 Å². The highest BCUT2D eigenvalue weighted by molar-refractivity contribution is 5.97. The number of hydrogen-bond acceptors (Lipinski definition) is 3. The number of aromatic nitrogens is 1. The minimum atomic E-state index is -1.00. The van der Waals surface area contributed by atoms with Crippen LogP contribution in [0.2, 0.25) is 0 Å². The lowest BCUT2D eigenvalue weighted by molar-refractivity contribution is -0.141. The van der Waals surface area contributed by atoms with Gasteiger partial charge in [-0.2, -0.15) is 0 Å². The molecule has 1 aliphatic rings. The lowest BCUT2D eigenvalue weighted by Crippen LogP contribution is -2.63. The summed E-state index contributed by atoms with van der Waals surface area (Å²) in [5, 5.41) is 6.97. The van der Waals surface area contributed by atoms with Crippen LogP contribution in [0.15, 0.2) is 54.7 Å². The highest BCUT2D eigenvalue weighted by atomic mass is 19.1. The number of halogens is 2. The van der Waals surface area contributed by atoms with Crippen molar-refractivity contribution in [3.63, 3.8) is 0 Å². The van der Waals surface area contributed by atoms with Crippen molar-refractivity contribution in [2.45, 2.75) is 24.8 Å². The van der Waals surface area contributed by atoms with Gasteiger partial charge in [0.1, 0.15) is 17.2 Å². The first kappa shape index (κ1) is 23.6. The van der Waals surface area contributed by atoms with E-state index in [9.17, 15) is 18.4 Å². The maximum absolute atomic E-state index is 13.7. The maximum Gasteiger partial charge on any atom is 0.248 e. The lowest BCUT2D eigenvalue weighted by Gasteiger charge is -2.39. The molecule has 0 spiro atoms. The van der Waals surface area contributed by atoms with Crippen LogP contribution in [0.3, 0.4) is 0 Å². The number of likely N-dealkylation sites (N-methyl/N-ethyl adjacent to an activating group) is 1. The summed E-state index contributed by atoms with van der Waals surface area (Å²) < 4.78 is 26.8. The molecule has 8 heteroatoms. The molecule has 2 amide bonds. The van der Waals surface area contributed by atoms with Crippen LogP contribution in [0.4, 0.5) is 8.78 Å². The SMILES string of the molecule is CN(CCc1c[nH]c2ccc(F)cc12)C(=O)C1(NC(=O)/C=C/c2ccc(F)cc2)CCNCC1. The van der Waals surface area contributed by atoms with Gasteiger partial charge in [0, 0.05) is 36.8 Å². The van der Waals surface area contributed by atoms with Gasteiger partial charge < -0.3 is 20.5 Å². The van der Waals surface area contributed by atoms with Gasteiger partial charge in [-0.1, -0.05) is 12.1 Å². The van der Waals surface area contributed by atoms with Crippen LogP contribution in [0.1, 0.15) is 24.0 Å². The van der Waals surface area contributed by atoms with E-state index >= 15 is 0 Å². The molecule has 1 aromatic heterocycles. The quantitative estimate of drug-likeness (QED) is 0.467. The molecule has 1 fully saturated rings. The minimum Gasteiger partial charge on any atom is -0.361 e. The molecule has 6 nitrogen and oxygen atoms in total. The van der Waals surface area contributed by atoms with E-state index in [4.69, 9.17) is 0 Å². The van der Waals surface area contributed by atoms with Gasteiger partial charge in [0.05, 0.1) is 0 Å². The number of nitrogens with one attached hydrogen (secondary N) is 3. The summed E-state index contributed by atoms with van der Waals surface area (Å²) in [7, 11) is 1.72. The van der Waals surface area contributed by atoms with E-state index in [0.29, 0.717) is 44.5 Å². The molecule has 2 heterocycles. The highest BCUT2D eigenvalue weighted by Gasteiger charge is 2.42. The summed E-state index contributed by atoms with van der Waals surface area (Å²) in [4.78, 5) is 31.0. The van der Waals surface area contributed by atoms with Crippen molar-refractivity contribution in [3.05, 3.63) is 77.5 Å². The summed E-state index contributed by atoms with van der Waals surface area (Å²) in [6.07, 6.45) is 6.30. The first-order chi connectivity index (χ1) is 16.4. The van der Waals surface area contributed by atoms with Crippen molar-refractivity contribution < 1.29 is 18.4 Å². The number of fused-ring (bicyclic) bond motifs is 1. The third-order valence-corrected chi connectivity index (χ3v) is 6.32. The van der Waals surface area contributed by atoms with E-state index in [1.54, 1.807) is 36.2 Å². The van der Waals surface area contributed by atoms with Crippen molar-refractivity contribution >= 4 is 28.8 Å². The fraction of sp³-hybridized carbons (Fsp3) is 0.308. The van der Waals surface area contributed by atoms with Crippen LogP contribution < -0.4 is 10.6 Å². The largest absolute Gasteiger partial charge is 0.361 e. The molecule has 0 saturated carbocycles. The summed E-state index contributed by atoms with van der Waals surface area (Å²) in [6, 6.07) is 10.4. The number of aromatic amines is 1. The Morgan fingerprint density at radius 3 is 2.53 bits per heavy atom. The van der Waals surface area contributed by atoms with Crippen LogP contribution in [0, 0.1) is 11.6 Å². The van der Waals surface area contributed by atoms with E-state index < -0.39 is 5.54 Å². The molecule has 0 aliphatic carbocycles. The number of hydrogen-bond donors (Lipinski definition) is 3. The predicted octanol–water partition coefficient (Wildman–Crippen LogP) is 3.40. The van der Waals surface area contributed by atoms with Gasteiger partial charge >= 0.3 is 0 Å². The third-order valence-electron chi connectivity index (χ3n) is 6.32. The van der Waals surface area contributed by atoms with Crippen molar-refractivity contribution in [2.75, 3.05) is 26.7 Å². The number of amides is 2. The van der Waals surface area contributed by atoms with Gasteiger partial charge in [-0.3, -0.25) is 9.59 Å². The van der Waals surface area contributed by atoms with E-state index in [1.807, 2.05) is 6.20 Å². The molecule has 1 aliphatic heterocycles. The zero-order valence-corrected chi connectivity index (χ0v) is 19.0. The van der Waals surface area contributed by atoms with Gasteiger partial charge in [0.25, 0.3) is 0 Å². The van der Waals surface area contributed by atoms with Gasteiger partial charge in [-0.25, -0.2) is 8.78 Å². The van der Waals surface area contributed by atoms with Crippen LogP contribution in [0.25, 0.3) is 17.0 Å². The Balaban J connectivity index is 1.43. The minimum absolute atomic E-state index is 0.149. The molecular weight excluding hydrogens is 438 g/mol. The van der Waals surface area contributed by atoms with Crippen molar-refractivity contribution in [1.82, 2.24) is 20.5 Å². The van der Waals surface area contributed by atoms with Crippen molar-refractivity contribution in [3.8, 4) is 0 Å². The average Bonchev–Trinajstić information content (AvgIpc) is 3.24. The molecule has 178 valence electrons. The van der Waals surface area contributed by atoms with Crippen LogP contribution >= 0.6 is 0 Å². The molecule has 0 bridgehead atoms. The molecule has 2 aromatic carbocycles. The average molecular weight is 467 g/mol. The molecule has 1 saturated heterocycles. The normalized spacial score (nSPS) is 15.5. The van der Waals surface area contributed by atoms with Gasteiger partial charge in [0.2, 0.25) is 11.8 Å². The van der Waals surface area contributed by atoms with E-state index in [1.165, 1.54) is 30.3 Å². The molecule has 3 N–H and O–H groups in total. The number of piperidine rings is 1. The number of nitrogens with zero attached hydrogens (tertiary/aromatic N) is 1. The second-order valence-corrected chi connectivity index (χ2v) is 8.69. The molecule has 4 rings (SSSR count). The van der Waals surface area contributed by atoms with Gasteiger partial charge in [-0.05, 0) is 79.9 Å². The fourth-order valence-corrected chi connectivity index (χ4v) is 4.38. The number of carbonyl (C=O) groups excluding carboxylic acids is 2. The Labute approximate surface area is 197 Å². The molecule has 0 radical (unpaired) electrons. The summed E-state index contributed by atoms with van der Waals surface area (Å²) >= 11 is 0.